The highest BCUT2D eigenvalue weighted by Crippen LogP contribution is 2.39. The highest BCUT2D eigenvalue weighted by Gasteiger charge is 2.53. The van der Waals surface area contributed by atoms with Crippen molar-refractivity contribution in [3.63, 3.8) is 0 Å². The zero-order chi connectivity index (χ0) is 19.8. The van der Waals surface area contributed by atoms with Gasteiger partial charge in [0.15, 0.2) is 0 Å². The molecule has 0 aromatic carbocycles. The lowest BCUT2D eigenvalue weighted by molar-refractivity contribution is 0.00578. The number of halogens is 1. The number of piperidine rings is 1. The number of aromatic nitrogens is 3. The van der Waals surface area contributed by atoms with E-state index in [1.54, 1.807) is 0 Å². The molecule has 150 valence electrons. The van der Waals surface area contributed by atoms with Crippen LogP contribution in [0.1, 0.15) is 66.1 Å². The van der Waals surface area contributed by atoms with E-state index in [1.165, 1.54) is 6.08 Å². The van der Waals surface area contributed by atoms with Crippen molar-refractivity contribution in [1.29, 1.82) is 0 Å². The summed E-state index contributed by atoms with van der Waals surface area (Å²) in [5.74, 6) is 0.645. The quantitative estimate of drug-likeness (QED) is 0.734. The fraction of sp³-hybridized carbons (Fsp3) is 0.789. The largest absolute Gasteiger partial charge is 0.525 e. The molecule has 8 heteroatoms. The van der Waals surface area contributed by atoms with Crippen LogP contribution in [0.25, 0.3) is 6.08 Å². The molecule has 0 amide bonds. The van der Waals surface area contributed by atoms with Crippen molar-refractivity contribution in [3.05, 3.63) is 17.6 Å². The van der Waals surface area contributed by atoms with E-state index < -0.39 is 24.0 Å². The van der Waals surface area contributed by atoms with Crippen LogP contribution in [0.15, 0.2) is 11.9 Å². The van der Waals surface area contributed by atoms with Crippen LogP contribution in [0.4, 0.5) is 4.39 Å². The van der Waals surface area contributed by atoms with E-state index in [1.807, 2.05) is 38.6 Å². The van der Waals surface area contributed by atoms with Gasteiger partial charge in [-0.2, -0.15) is 0 Å². The van der Waals surface area contributed by atoms with Crippen molar-refractivity contribution in [2.45, 2.75) is 71.6 Å². The normalized spacial score (nSPS) is 26.1. The Kier molecular flexibility index (Phi) is 5.80. The van der Waals surface area contributed by atoms with Crippen LogP contribution in [-0.2, 0) is 9.31 Å². The van der Waals surface area contributed by atoms with Crippen LogP contribution < -0.4 is 0 Å². The van der Waals surface area contributed by atoms with Crippen LogP contribution in [0.5, 0.6) is 0 Å². The fourth-order valence-corrected chi connectivity index (χ4v) is 3.63. The zero-order valence-corrected chi connectivity index (χ0v) is 17.4. The minimum absolute atomic E-state index is 0.284. The first-order valence-corrected chi connectivity index (χ1v) is 9.94. The van der Waals surface area contributed by atoms with E-state index in [-0.39, 0.29) is 6.04 Å². The third kappa shape index (κ3) is 4.61. The maximum absolute atomic E-state index is 14.7. The summed E-state index contributed by atoms with van der Waals surface area (Å²) in [5.41, 5.74) is -1.13. The topological polar surface area (TPSA) is 52.4 Å². The predicted octanol–water partition coefficient (Wildman–Crippen LogP) is 3.51. The summed E-state index contributed by atoms with van der Waals surface area (Å²) in [6, 6.07) is 0.284. The summed E-state index contributed by atoms with van der Waals surface area (Å²) in [5, 5.41) is 8.37. The molecule has 0 spiro atoms. The fourth-order valence-electron chi connectivity index (χ4n) is 3.63. The van der Waals surface area contributed by atoms with Gasteiger partial charge >= 0.3 is 7.12 Å². The Morgan fingerprint density at radius 2 is 2.00 bits per heavy atom. The van der Waals surface area contributed by atoms with Crippen molar-refractivity contribution in [1.82, 2.24) is 19.9 Å². The van der Waals surface area contributed by atoms with Crippen molar-refractivity contribution in [2.75, 3.05) is 19.6 Å². The molecular formula is C19H32BFN4O2. The van der Waals surface area contributed by atoms with Gasteiger partial charge in [0.05, 0.1) is 23.4 Å². The second kappa shape index (κ2) is 7.64. The third-order valence-corrected chi connectivity index (χ3v) is 5.77. The molecule has 0 bridgehead atoms. The number of hydrogen-bond donors (Lipinski definition) is 0. The summed E-state index contributed by atoms with van der Waals surface area (Å²) in [7, 11) is -1.00. The Morgan fingerprint density at radius 3 is 2.63 bits per heavy atom. The van der Waals surface area contributed by atoms with Gasteiger partial charge in [-0.15, -0.1) is 5.10 Å². The van der Waals surface area contributed by atoms with E-state index in [4.69, 9.17) is 9.31 Å². The van der Waals surface area contributed by atoms with Gasteiger partial charge < -0.3 is 14.2 Å². The van der Waals surface area contributed by atoms with Crippen LogP contribution in [0, 0.1) is 5.92 Å². The SMILES string of the molecule is CC(C)CN1CCCC(n2cc(C=C(F)B3OC(C)(C)C(C)(C)O3)nn2)C1. The number of hydrogen-bond acceptors (Lipinski definition) is 5. The highest BCUT2D eigenvalue weighted by atomic mass is 19.1. The molecule has 3 rings (SSSR count). The molecule has 1 aromatic heterocycles. The average Bonchev–Trinajstić information content (AvgIpc) is 3.09. The Labute approximate surface area is 162 Å². The summed E-state index contributed by atoms with van der Waals surface area (Å²) in [4.78, 5) is 2.47. The lowest BCUT2D eigenvalue weighted by Gasteiger charge is -2.33. The first kappa shape index (κ1) is 20.5. The molecule has 2 aliphatic heterocycles. The molecule has 0 saturated carbocycles. The van der Waals surface area contributed by atoms with E-state index >= 15 is 0 Å². The van der Waals surface area contributed by atoms with Crippen LogP contribution in [0.2, 0.25) is 0 Å². The summed E-state index contributed by atoms with van der Waals surface area (Å²) >= 11 is 0. The van der Waals surface area contributed by atoms with Gasteiger partial charge in [0.1, 0.15) is 11.4 Å². The van der Waals surface area contributed by atoms with Gasteiger partial charge in [0.2, 0.25) is 0 Å². The van der Waals surface area contributed by atoms with Gasteiger partial charge in [0, 0.05) is 13.1 Å². The number of nitrogens with zero attached hydrogens (tertiary/aromatic N) is 4. The van der Waals surface area contributed by atoms with Gasteiger partial charge in [0.25, 0.3) is 0 Å². The van der Waals surface area contributed by atoms with E-state index in [0.29, 0.717) is 11.6 Å². The molecule has 1 unspecified atom stereocenters. The Hall–Kier alpha value is -1.25. The van der Waals surface area contributed by atoms with Crippen LogP contribution >= 0.6 is 0 Å². The molecule has 2 aliphatic rings. The average molecular weight is 378 g/mol. The Bertz CT molecular complexity index is 673. The second-order valence-electron chi connectivity index (χ2n) is 9.19. The minimum atomic E-state index is -1.00. The molecule has 1 atom stereocenters. The summed E-state index contributed by atoms with van der Waals surface area (Å²) in [6.45, 7) is 15.3. The van der Waals surface area contributed by atoms with Gasteiger partial charge in [-0.1, -0.05) is 19.1 Å². The lowest BCUT2D eigenvalue weighted by atomic mass is 9.87. The molecular weight excluding hydrogens is 346 g/mol. The molecule has 6 nitrogen and oxygen atoms in total. The van der Waals surface area contributed by atoms with Crippen molar-refractivity contribution in [3.8, 4) is 0 Å². The molecule has 2 fully saturated rings. The van der Waals surface area contributed by atoms with Gasteiger partial charge in [-0.25, -0.2) is 9.07 Å². The molecule has 0 N–H and O–H groups in total. The summed E-state index contributed by atoms with van der Waals surface area (Å²) < 4.78 is 28.0. The molecule has 1 aromatic rings. The second-order valence-corrected chi connectivity index (χ2v) is 9.19. The minimum Gasteiger partial charge on any atom is -0.398 e. The molecule has 0 radical (unpaired) electrons. The molecule has 2 saturated heterocycles. The van der Waals surface area contributed by atoms with Crippen molar-refractivity contribution >= 4 is 13.2 Å². The van der Waals surface area contributed by atoms with Crippen LogP contribution in [0.3, 0.4) is 0 Å². The number of likely N-dealkylation sites (tertiary alicyclic amines) is 1. The van der Waals surface area contributed by atoms with Gasteiger partial charge in [-0.3, -0.25) is 0 Å². The number of rotatable bonds is 5. The smallest absolute Gasteiger partial charge is 0.398 e. The first-order chi connectivity index (χ1) is 12.6. The zero-order valence-electron chi connectivity index (χ0n) is 17.4. The maximum atomic E-state index is 14.7. The van der Waals surface area contributed by atoms with Crippen LogP contribution in [-0.4, -0.2) is 57.8 Å². The van der Waals surface area contributed by atoms with Crippen molar-refractivity contribution < 1.29 is 13.7 Å². The van der Waals surface area contributed by atoms with E-state index in [9.17, 15) is 4.39 Å². The molecule has 3 heterocycles. The highest BCUT2D eigenvalue weighted by molar-refractivity contribution is 6.54. The van der Waals surface area contributed by atoms with Gasteiger partial charge in [-0.05, 0) is 59.1 Å². The Balaban J connectivity index is 1.66. The predicted molar refractivity (Wildman–Crippen MR) is 105 cm³/mol. The lowest BCUT2D eigenvalue weighted by Crippen LogP contribution is -2.41. The first-order valence-electron chi connectivity index (χ1n) is 9.94. The van der Waals surface area contributed by atoms with E-state index in [2.05, 4.69) is 29.1 Å². The maximum Gasteiger partial charge on any atom is 0.525 e. The molecule has 27 heavy (non-hydrogen) atoms. The third-order valence-electron chi connectivity index (χ3n) is 5.77. The van der Waals surface area contributed by atoms with Crippen molar-refractivity contribution in [2.24, 2.45) is 5.92 Å². The summed E-state index contributed by atoms with van der Waals surface area (Å²) in [6.07, 6.45) is 5.39. The monoisotopic (exact) mass is 378 g/mol. The molecule has 0 aliphatic carbocycles. The van der Waals surface area contributed by atoms with E-state index in [0.717, 1.165) is 32.5 Å². The Morgan fingerprint density at radius 1 is 1.33 bits per heavy atom. The standard InChI is InChI=1S/C19H32BFN4O2/c1-14(2)11-24-9-7-8-16(13-24)25-12-15(22-23-25)10-17(21)20-26-18(3,4)19(5,6)27-20/h10,12,14,16H,7-9,11,13H2,1-6H3.